The summed E-state index contributed by atoms with van der Waals surface area (Å²) >= 11 is 0. The summed E-state index contributed by atoms with van der Waals surface area (Å²) in [6, 6.07) is 5.25. The second-order valence-electron chi connectivity index (χ2n) is 3.24. The van der Waals surface area contributed by atoms with E-state index in [1.54, 1.807) is 12.1 Å². The highest BCUT2D eigenvalue weighted by Crippen LogP contribution is 2.28. The van der Waals surface area contributed by atoms with Gasteiger partial charge in [-0.2, -0.15) is 0 Å². The Kier molecular flexibility index (Phi) is 1.74. The van der Waals surface area contributed by atoms with Gasteiger partial charge in [-0.25, -0.2) is 0 Å². The third-order valence-corrected chi connectivity index (χ3v) is 2.32. The third-order valence-electron chi connectivity index (χ3n) is 2.32. The van der Waals surface area contributed by atoms with Gasteiger partial charge in [-0.05, 0) is 29.3 Å². The first kappa shape index (κ1) is 8.13. The van der Waals surface area contributed by atoms with Crippen LogP contribution in [0, 0.1) is 0 Å². The van der Waals surface area contributed by atoms with Crippen molar-refractivity contribution in [3.8, 4) is 5.75 Å². The number of nitrogens with zero attached hydrogens (tertiary/aromatic N) is 1. The van der Waals surface area contributed by atoms with E-state index in [9.17, 15) is 5.11 Å². The predicted octanol–water partition coefficient (Wildman–Crippen LogP) is 1.27. The van der Waals surface area contributed by atoms with Crippen LogP contribution in [-0.2, 0) is 0 Å². The molecular weight excluding hydrogens is 164 g/mol. The molecule has 1 unspecified atom stereocenters. The fraction of sp³-hybridized carbons (Fsp3) is 0.200. The highest BCUT2D eigenvalue weighted by molar-refractivity contribution is 5.58. The van der Waals surface area contributed by atoms with E-state index in [0.717, 1.165) is 11.1 Å². The number of phenols is 1. The van der Waals surface area contributed by atoms with Gasteiger partial charge in [0.1, 0.15) is 11.9 Å². The van der Waals surface area contributed by atoms with Crippen LogP contribution in [0.2, 0.25) is 0 Å². The highest BCUT2D eigenvalue weighted by atomic mass is 16.3. The van der Waals surface area contributed by atoms with Gasteiger partial charge in [-0.3, -0.25) is 0 Å². The largest absolute Gasteiger partial charge is 0.508 e. The molecule has 1 aromatic rings. The molecule has 1 aromatic carbocycles. The number of benzene rings is 1. The fourth-order valence-electron chi connectivity index (χ4n) is 1.48. The first-order valence-corrected chi connectivity index (χ1v) is 4.17. The van der Waals surface area contributed by atoms with E-state index in [-0.39, 0.29) is 11.9 Å². The van der Waals surface area contributed by atoms with Crippen LogP contribution in [-0.4, -0.2) is 17.1 Å². The average Bonchev–Trinajstić information content (AvgIpc) is 2.12. The highest BCUT2D eigenvalue weighted by Gasteiger charge is 2.16. The summed E-state index contributed by atoms with van der Waals surface area (Å²) in [5.74, 6) is 0.262. The van der Waals surface area contributed by atoms with Gasteiger partial charge in [-0.15, -0.1) is 0 Å². The number of hydrogen-bond acceptors (Lipinski definition) is 3. The second-order valence-corrected chi connectivity index (χ2v) is 3.24. The summed E-state index contributed by atoms with van der Waals surface area (Å²) in [7, 11) is 1.91. The molecule has 0 aromatic heterocycles. The van der Waals surface area contributed by atoms with Gasteiger partial charge in [0, 0.05) is 13.2 Å². The Labute approximate surface area is 77.1 Å². The molecule has 1 aliphatic heterocycles. The van der Waals surface area contributed by atoms with Crippen molar-refractivity contribution < 1.29 is 5.11 Å². The van der Waals surface area contributed by atoms with E-state index in [1.165, 1.54) is 0 Å². The van der Waals surface area contributed by atoms with Crippen molar-refractivity contribution in [3.05, 3.63) is 35.5 Å². The lowest BCUT2D eigenvalue weighted by Crippen LogP contribution is -2.29. The summed E-state index contributed by atoms with van der Waals surface area (Å²) < 4.78 is 0. The molecule has 68 valence electrons. The summed E-state index contributed by atoms with van der Waals surface area (Å²) in [5, 5.41) is 9.29. The number of rotatable bonds is 0. The van der Waals surface area contributed by atoms with Gasteiger partial charge >= 0.3 is 0 Å². The summed E-state index contributed by atoms with van der Waals surface area (Å²) in [6.07, 6.45) is 3.76. The number of phenolic OH excluding ortho intramolecular Hbond substituents is 1. The van der Waals surface area contributed by atoms with Crippen molar-refractivity contribution >= 4 is 6.08 Å². The number of nitrogens with two attached hydrogens (primary N) is 1. The zero-order valence-electron chi connectivity index (χ0n) is 7.44. The molecule has 3 N–H and O–H groups in total. The standard InChI is InChI=1S/C10H12N2O/c1-12-5-4-7-2-3-8(13)6-9(7)10(12)11/h2-6,10,13H,11H2,1H3. The number of hydrogen-bond donors (Lipinski definition) is 2. The minimum absolute atomic E-state index is 0.160. The molecule has 1 heterocycles. The molecule has 0 saturated carbocycles. The van der Waals surface area contributed by atoms with Gasteiger partial charge in [0.2, 0.25) is 0 Å². The SMILES string of the molecule is CN1C=Cc2ccc(O)cc2C1N. The summed E-state index contributed by atoms with van der Waals surface area (Å²) in [4.78, 5) is 1.90. The Bertz CT molecular complexity index is 360. The molecule has 13 heavy (non-hydrogen) atoms. The van der Waals surface area contributed by atoms with E-state index >= 15 is 0 Å². The van der Waals surface area contributed by atoms with Crippen LogP contribution < -0.4 is 5.73 Å². The molecular formula is C10H12N2O. The zero-order chi connectivity index (χ0) is 9.42. The van der Waals surface area contributed by atoms with Crippen LogP contribution in [0.3, 0.4) is 0 Å². The first-order valence-electron chi connectivity index (χ1n) is 4.17. The maximum absolute atomic E-state index is 9.29. The lowest BCUT2D eigenvalue weighted by molar-refractivity contribution is 0.341. The normalized spacial score (nSPS) is 20.2. The van der Waals surface area contributed by atoms with Crippen LogP contribution in [0.15, 0.2) is 24.4 Å². The van der Waals surface area contributed by atoms with Crippen molar-refractivity contribution in [2.24, 2.45) is 5.73 Å². The second kappa shape index (κ2) is 2.78. The number of fused-ring (bicyclic) bond motifs is 1. The third kappa shape index (κ3) is 1.27. The molecule has 0 radical (unpaired) electrons. The molecule has 3 heteroatoms. The van der Waals surface area contributed by atoms with Crippen LogP contribution in [0.1, 0.15) is 17.3 Å². The van der Waals surface area contributed by atoms with E-state index in [4.69, 9.17) is 5.73 Å². The first-order chi connectivity index (χ1) is 6.18. The Morgan fingerprint density at radius 3 is 3.00 bits per heavy atom. The Morgan fingerprint density at radius 2 is 2.23 bits per heavy atom. The Balaban J connectivity index is 2.54. The van der Waals surface area contributed by atoms with Crippen LogP contribution in [0.4, 0.5) is 0 Å². The topological polar surface area (TPSA) is 49.5 Å². The molecule has 0 spiro atoms. The van der Waals surface area contributed by atoms with Gasteiger partial charge in [-0.1, -0.05) is 6.07 Å². The maximum Gasteiger partial charge on any atom is 0.116 e. The Morgan fingerprint density at radius 1 is 1.46 bits per heavy atom. The van der Waals surface area contributed by atoms with E-state index in [2.05, 4.69) is 0 Å². The molecule has 2 rings (SSSR count). The van der Waals surface area contributed by atoms with E-state index in [1.807, 2.05) is 30.3 Å². The fourth-order valence-corrected chi connectivity index (χ4v) is 1.48. The summed E-state index contributed by atoms with van der Waals surface area (Å²) in [6.45, 7) is 0. The molecule has 0 amide bonds. The van der Waals surface area contributed by atoms with Crippen molar-refractivity contribution in [1.82, 2.24) is 4.90 Å². The number of aromatic hydroxyl groups is 1. The van der Waals surface area contributed by atoms with Crippen molar-refractivity contribution in [2.75, 3.05) is 7.05 Å². The lowest BCUT2D eigenvalue weighted by atomic mass is 10.0. The quantitative estimate of drug-likeness (QED) is 0.625. The molecule has 0 bridgehead atoms. The minimum Gasteiger partial charge on any atom is -0.508 e. The molecule has 1 aliphatic rings. The van der Waals surface area contributed by atoms with Gasteiger partial charge in [0.15, 0.2) is 0 Å². The van der Waals surface area contributed by atoms with Crippen LogP contribution >= 0.6 is 0 Å². The van der Waals surface area contributed by atoms with Crippen LogP contribution in [0.5, 0.6) is 5.75 Å². The molecule has 0 fully saturated rings. The van der Waals surface area contributed by atoms with Crippen molar-refractivity contribution in [2.45, 2.75) is 6.17 Å². The van der Waals surface area contributed by atoms with Gasteiger partial charge in [0.25, 0.3) is 0 Å². The molecule has 0 saturated heterocycles. The lowest BCUT2D eigenvalue weighted by Gasteiger charge is -2.28. The van der Waals surface area contributed by atoms with E-state index < -0.39 is 0 Å². The molecule has 1 atom stereocenters. The van der Waals surface area contributed by atoms with Gasteiger partial charge in [0.05, 0.1) is 0 Å². The smallest absolute Gasteiger partial charge is 0.116 e. The molecule has 3 nitrogen and oxygen atoms in total. The Hall–Kier alpha value is -1.48. The summed E-state index contributed by atoms with van der Waals surface area (Å²) in [5.41, 5.74) is 7.96. The monoisotopic (exact) mass is 176 g/mol. The zero-order valence-corrected chi connectivity index (χ0v) is 7.44. The average molecular weight is 176 g/mol. The predicted molar refractivity (Wildman–Crippen MR) is 51.8 cm³/mol. The van der Waals surface area contributed by atoms with Crippen LogP contribution in [0.25, 0.3) is 6.08 Å². The van der Waals surface area contributed by atoms with Crippen molar-refractivity contribution in [3.63, 3.8) is 0 Å². The minimum atomic E-state index is -0.160. The van der Waals surface area contributed by atoms with Gasteiger partial charge < -0.3 is 15.7 Å². The van der Waals surface area contributed by atoms with E-state index in [0.29, 0.717) is 0 Å². The molecule has 0 aliphatic carbocycles. The maximum atomic E-state index is 9.29. The van der Waals surface area contributed by atoms with Crippen molar-refractivity contribution in [1.29, 1.82) is 0 Å².